The lowest BCUT2D eigenvalue weighted by atomic mass is 9.85. The summed E-state index contributed by atoms with van der Waals surface area (Å²) in [5.74, 6) is 2.70. The molecular weight excluding hydrogens is 534 g/mol. The number of piperidine rings is 1. The van der Waals surface area contributed by atoms with Crippen LogP contribution in [-0.2, 0) is 11.2 Å². The average Bonchev–Trinajstić information content (AvgIpc) is 2.99. The van der Waals surface area contributed by atoms with Crippen molar-refractivity contribution in [3.8, 4) is 23.0 Å². The monoisotopic (exact) mass is 569 g/mol. The van der Waals surface area contributed by atoms with Crippen molar-refractivity contribution in [2.45, 2.75) is 46.1 Å². The van der Waals surface area contributed by atoms with Crippen LogP contribution >= 0.6 is 0 Å². The molecule has 3 aromatic heterocycles. The van der Waals surface area contributed by atoms with Gasteiger partial charge in [0.1, 0.15) is 17.7 Å². The van der Waals surface area contributed by atoms with Gasteiger partial charge in [-0.05, 0) is 69.9 Å². The Morgan fingerprint density at radius 2 is 1.98 bits per heavy atom. The van der Waals surface area contributed by atoms with Crippen LogP contribution in [0.4, 0.5) is 17.5 Å². The van der Waals surface area contributed by atoms with Crippen molar-refractivity contribution in [1.29, 1.82) is 0 Å². The number of nitrogens with zero attached hydrogens (tertiary/aromatic N) is 6. The Labute approximate surface area is 245 Å². The number of ether oxygens (including phenoxy) is 2. The van der Waals surface area contributed by atoms with E-state index in [0.29, 0.717) is 48.7 Å². The van der Waals surface area contributed by atoms with E-state index >= 15 is 0 Å². The summed E-state index contributed by atoms with van der Waals surface area (Å²) in [4.78, 5) is 36.4. The number of hydrogen-bond acceptors (Lipinski definition) is 10. The van der Waals surface area contributed by atoms with Gasteiger partial charge in [0.15, 0.2) is 17.4 Å². The second-order valence-corrected chi connectivity index (χ2v) is 10.8. The lowest BCUT2D eigenvalue weighted by molar-refractivity contribution is -0.146. The topological polar surface area (TPSA) is 135 Å². The lowest BCUT2D eigenvalue weighted by Gasteiger charge is -2.33. The Morgan fingerprint density at radius 3 is 2.81 bits per heavy atom. The molecule has 0 radical (unpaired) electrons. The molecule has 2 N–H and O–H groups in total. The number of pyridine rings is 1. The van der Waals surface area contributed by atoms with Crippen LogP contribution in [0.15, 0.2) is 67.3 Å². The highest BCUT2D eigenvalue weighted by atomic mass is 16.5. The lowest BCUT2D eigenvalue weighted by Crippen LogP contribution is -2.41. The summed E-state index contributed by atoms with van der Waals surface area (Å²) in [5.41, 5.74) is 0.830. The third-order valence-electron chi connectivity index (χ3n) is 6.96. The number of carboxylic acid groups (broad SMARTS) is 1. The van der Waals surface area contributed by atoms with Crippen LogP contribution in [0.25, 0.3) is 11.4 Å². The van der Waals surface area contributed by atoms with Crippen LogP contribution in [0.3, 0.4) is 0 Å². The van der Waals surface area contributed by atoms with Crippen molar-refractivity contribution >= 4 is 23.4 Å². The third kappa shape index (κ3) is 7.09. The van der Waals surface area contributed by atoms with Gasteiger partial charge in [-0.3, -0.25) is 9.78 Å². The first-order valence-corrected chi connectivity index (χ1v) is 14.0. The van der Waals surface area contributed by atoms with Gasteiger partial charge in [-0.25, -0.2) is 19.9 Å². The first-order chi connectivity index (χ1) is 20.3. The van der Waals surface area contributed by atoms with Gasteiger partial charge in [0.05, 0.1) is 31.0 Å². The second-order valence-electron chi connectivity index (χ2n) is 10.8. The largest absolute Gasteiger partial charge is 0.488 e. The number of nitrogens with one attached hydrogen (secondary N) is 1. The quantitative estimate of drug-likeness (QED) is 0.247. The zero-order valence-corrected chi connectivity index (χ0v) is 24.0. The highest BCUT2D eigenvalue weighted by Gasteiger charge is 2.27. The van der Waals surface area contributed by atoms with E-state index in [1.165, 1.54) is 0 Å². The summed E-state index contributed by atoms with van der Waals surface area (Å²) in [6.07, 6.45) is 8.96. The molecule has 1 aliphatic heterocycles. The molecule has 0 aliphatic carbocycles. The SMILES string of the molecule is CCOc1cccnc1O[C@@H]1CCCN(c2cncc(Nc3ccnc(-c4cccc(CC(C)(C)C(=O)O)c4)n3)n2)C1. The van der Waals surface area contributed by atoms with Crippen LogP contribution in [0.2, 0.25) is 0 Å². The van der Waals surface area contributed by atoms with Crippen molar-refractivity contribution in [2.24, 2.45) is 5.41 Å². The zero-order valence-electron chi connectivity index (χ0n) is 24.0. The number of benzene rings is 1. The number of carbonyl (C=O) groups is 1. The summed E-state index contributed by atoms with van der Waals surface area (Å²) in [5, 5.41) is 12.8. The molecule has 0 amide bonds. The molecule has 218 valence electrons. The van der Waals surface area contributed by atoms with Gasteiger partial charge in [-0.15, -0.1) is 0 Å². The van der Waals surface area contributed by atoms with Crippen LogP contribution < -0.4 is 19.7 Å². The maximum atomic E-state index is 11.6. The summed E-state index contributed by atoms with van der Waals surface area (Å²) in [6.45, 7) is 7.39. The molecule has 42 heavy (non-hydrogen) atoms. The Morgan fingerprint density at radius 1 is 1.10 bits per heavy atom. The number of anilines is 3. The fourth-order valence-corrected chi connectivity index (χ4v) is 4.80. The Balaban J connectivity index is 1.27. The van der Waals surface area contributed by atoms with Gasteiger partial charge in [-0.1, -0.05) is 18.2 Å². The maximum absolute atomic E-state index is 11.6. The van der Waals surface area contributed by atoms with Gasteiger partial charge in [0.2, 0.25) is 0 Å². The average molecular weight is 570 g/mol. The standard InChI is InChI=1S/C31H35N7O4/c1-4-41-24-11-6-13-34-29(24)42-23-10-7-15-38(20-23)27-19-32-18-26(36-27)35-25-12-14-33-28(37-25)22-9-5-8-21(16-22)17-31(2,3)30(39)40/h5-6,8-9,11-14,16,18-19,23H,4,7,10,15,17,20H2,1-3H3,(H,39,40)(H,33,35,36,37)/t23-/m1/s1. The van der Waals surface area contributed by atoms with E-state index in [4.69, 9.17) is 14.5 Å². The van der Waals surface area contributed by atoms with Crippen LogP contribution in [-0.4, -0.2) is 61.8 Å². The smallest absolute Gasteiger partial charge is 0.309 e. The predicted octanol–water partition coefficient (Wildman–Crippen LogP) is 5.17. The summed E-state index contributed by atoms with van der Waals surface area (Å²) in [7, 11) is 0. The molecular formula is C31H35N7O4. The molecule has 0 bridgehead atoms. The van der Waals surface area contributed by atoms with E-state index in [1.54, 1.807) is 44.7 Å². The first kappa shape index (κ1) is 28.7. The van der Waals surface area contributed by atoms with Crippen molar-refractivity contribution in [3.63, 3.8) is 0 Å². The fraction of sp³-hybridized carbons (Fsp3) is 0.355. The highest BCUT2D eigenvalue weighted by Crippen LogP contribution is 2.29. The minimum Gasteiger partial charge on any atom is -0.488 e. The summed E-state index contributed by atoms with van der Waals surface area (Å²) < 4.78 is 11.9. The normalized spacial score (nSPS) is 15.2. The Kier molecular flexibility index (Phi) is 8.75. The summed E-state index contributed by atoms with van der Waals surface area (Å²) in [6, 6.07) is 13.1. The number of hydrogen-bond donors (Lipinski definition) is 2. The fourth-order valence-electron chi connectivity index (χ4n) is 4.80. The molecule has 0 saturated carbocycles. The molecule has 11 heteroatoms. The molecule has 5 rings (SSSR count). The van der Waals surface area contributed by atoms with E-state index in [0.717, 1.165) is 36.3 Å². The van der Waals surface area contributed by atoms with E-state index in [2.05, 4.69) is 30.2 Å². The molecule has 4 aromatic rings. The number of rotatable bonds is 11. The van der Waals surface area contributed by atoms with Crippen molar-refractivity contribution in [3.05, 3.63) is 72.8 Å². The molecule has 1 saturated heterocycles. The molecule has 1 fully saturated rings. The molecule has 1 aromatic carbocycles. The molecule has 1 atom stereocenters. The van der Waals surface area contributed by atoms with E-state index in [1.807, 2.05) is 43.3 Å². The van der Waals surface area contributed by atoms with Crippen LogP contribution in [0, 0.1) is 5.41 Å². The minimum atomic E-state index is -0.877. The number of aromatic nitrogens is 5. The first-order valence-electron chi connectivity index (χ1n) is 14.0. The highest BCUT2D eigenvalue weighted by molar-refractivity contribution is 5.74. The Bertz CT molecular complexity index is 1530. The van der Waals surface area contributed by atoms with Gasteiger partial charge in [0.25, 0.3) is 5.88 Å². The van der Waals surface area contributed by atoms with E-state index < -0.39 is 11.4 Å². The van der Waals surface area contributed by atoms with Crippen LogP contribution in [0.5, 0.6) is 11.6 Å². The maximum Gasteiger partial charge on any atom is 0.309 e. The molecule has 4 heterocycles. The molecule has 0 unspecified atom stereocenters. The third-order valence-corrected chi connectivity index (χ3v) is 6.96. The summed E-state index contributed by atoms with van der Waals surface area (Å²) >= 11 is 0. The predicted molar refractivity (Wildman–Crippen MR) is 159 cm³/mol. The van der Waals surface area contributed by atoms with Crippen LogP contribution in [0.1, 0.15) is 39.2 Å². The Hall–Kier alpha value is -4.80. The van der Waals surface area contributed by atoms with Crippen molar-refractivity contribution in [2.75, 3.05) is 29.9 Å². The second kappa shape index (κ2) is 12.8. The zero-order chi connectivity index (χ0) is 29.5. The van der Waals surface area contributed by atoms with E-state index in [-0.39, 0.29) is 6.10 Å². The van der Waals surface area contributed by atoms with Crippen molar-refractivity contribution < 1.29 is 19.4 Å². The molecule has 1 aliphatic rings. The molecule has 0 spiro atoms. The number of aliphatic carboxylic acids is 1. The van der Waals surface area contributed by atoms with Crippen molar-refractivity contribution in [1.82, 2.24) is 24.9 Å². The van der Waals surface area contributed by atoms with E-state index in [9.17, 15) is 9.90 Å². The molecule has 11 nitrogen and oxygen atoms in total. The van der Waals surface area contributed by atoms with Gasteiger partial charge < -0.3 is 24.8 Å². The van der Waals surface area contributed by atoms with Gasteiger partial charge in [-0.2, -0.15) is 0 Å². The van der Waals surface area contributed by atoms with Gasteiger partial charge >= 0.3 is 5.97 Å². The minimum absolute atomic E-state index is 0.0625. The van der Waals surface area contributed by atoms with Gasteiger partial charge in [0, 0.05) is 24.5 Å². The number of carboxylic acids is 1.